The molecule has 0 radical (unpaired) electrons. The van der Waals surface area contributed by atoms with Gasteiger partial charge in [-0.25, -0.2) is 0 Å². The normalized spacial score (nSPS) is 14.1. The van der Waals surface area contributed by atoms with Gasteiger partial charge in [0.25, 0.3) is 5.91 Å². The van der Waals surface area contributed by atoms with Crippen molar-refractivity contribution in [2.75, 3.05) is 23.3 Å². The average molecular weight is 294 g/mol. The van der Waals surface area contributed by atoms with Gasteiger partial charge in [0, 0.05) is 30.0 Å². The third kappa shape index (κ3) is 3.14. The molecular weight excluding hydrogens is 272 g/mol. The van der Waals surface area contributed by atoms with Crippen LogP contribution in [0.1, 0.15) is 35.7 Å². The zero-order chi connectivity index (χ0) is 15.4. The summed E-state index contributed by atoms with van der Waals surface area (Å²) < 4.78 is 0. The second kappa shape index (κ2) is 6.65. The average Bonchev–Trinajstić information content (AvgIpc) is 3.10. The van der Waals surface area contributed by atoms with Crippen molar-refractivity contribution in [2.45, 2.75) is 26.2 Å². The number of anilines is 2. The smallest absolute Gasteiger partial charge is 0.255 e. The summed E-state index contributed by atoms with van der Waals surface area (Å²) in [6.07, 6.45) is 3.38. The van der Waals surface area contributed by atoms with Crippen molar-refractivity contribution in [1.29, 1.82) is 0 Å². The Bertz CT molecular complexity index is 660. The maximum atomic E-state index is 12.5. The second-order valence-electron chi connectivity index (χ2n) is 5.71. The molecule has 0 aromatic heterocycles. The van der Waals surface area contributed by atoms with E-state index in [2.05, 4.69) is 29.3 Å². The van der Waals surface area contributed by atoms with Gasteiger partial charge in [0.15, 0.2) is 0 Å². The van der Waals surface area contributed by atoms with Gasteiger partial charge in [-0.05, 0) is 49.1 Å². The summed E-state index contributed by atoms with van der Waals surface area (Å²) in [5.74, 6) is -0.0399. The summed E-state index contributed by atoms with van der Waals surface area (Å²) in [6, 6.07) is 15.9. The molecule has 3 heteroatoms. The van der Waals surface area contributed by atoms with E-state index >= 15 is 0 Å². The van der Waals surface area contributed by atoms with Gasteiger partial charge in [-0.2, -0.15) is 0 Å². The molecule has 2 aromatic rings. The highest BCUT2D eigenvalue weighted by atomic mass is 16.1. The van der Waals surface area contributed by atoms with Gasteiger partial charge >= 0.3 is 0 Å². The van der Waals surface area contributed by atoms with Crippen LogP contribution in [0.4, 0.5) is 11.4 Å². The van der Waals surface area contributed by atoms with Crippen LogP contribution in [0.3, 0.4) is 0 Å². The third-order valence-corrected chi connectivity index (χ3v) is 4.23. The van der Waals surface area contributed by atoms with Crippen LogP contribution in [0.5, 0.6) is 0 Å². The second-order valence-corrected chi connectivity index (χ2v) is 5.71. The van der Waals surface area contributed by atoms with Crippen LogP contribution in [0.15, 0.2) is 48.5 Å². The van der Waals surface area contributed by atoms with Crippen LogP contribution in [-0.4, -0.2) is 19.0 Å². The summed E-state index contributed by atoms with van der Waals surface area (Å²) in [5, 5.41) is 3.04. The van der Waals surface area contributed by atoms with Crippen molar-refractivity contribution < 1.29 is 4.79 Å². The van der Waals surface area contributed by atoms with Crippen molar-refractivity contribution in [2.24, 2.45) is 0 Å². The summed E-state index contributed by atoms with van der Waals surface area (Å²) in [6.45, 7) is 4.27. The van der Waals surface area contributed by atoms with Gasteiger partial charge in [0.1, 0.15) is 0 Å². The van der Waals surface area contributed by atoms with Crippen LogP contribution < -0.4 is 10.2 Å². The fourth-order valence-corrected chi connectivity index (χ4v) is 2.96. The molecule has 0 aliphatic carbocycles. The molecule has 22 heavy (non-hydrogen) atoms. The first-order chi connectivity index (χ1) is 10.8. The largest absolute Gasteiger partial charge is 0.372 e. The Hall–Kier alpha value is -2.29. The van der Waals surface area contributed by atoms with E-state index in [9.17, 15) is 4.79 Å². The molecule has 1 heterocycles. The molecule has 1 amide bonds. The lowest BCUT2D eigenvalue weighted by molar-refractivity contribution is 0.102. The fraction of sp³-hybridized carbons (Fsp3) is 0.316. The van der Waals surface area contributed by atoms with Crippen LogP contribution >= 0.6 is 0 Å². The standard InChI is InChI=1S/C19H22N2O/c1-2-15-8-3-4-11-18(15)20-19(22)16-9-7-10-17(14-16)21-12-5-6-13-21/h3-4,7-11,14H,2,5-6,12-13H2,1H3,(H,20,22). The maximum absolute atomic E-state index is 12.5. The van der Waals surface area contributed by atoms with E-state index in [4.69, 9.17) is 0 Å². The molecule has 0 bridgehead atoms. The number of rotatable bonds is 4. The molecule has 1 N–H and O–H groups in total. The molecule has 1 aliphatic heterocycles. The highest BCUT2D eigenvalue weighted by molar-refractivity contribution is 6.05. The van der Waals surface area contributed by atoms with Crippen molar-refractivity contribution in [3.8, 4) is 0 Å². The van der Waals surface area contributed by atoms with Crippen molar-refractivity contribution in [3.05, 3.63) is 59.7 Å². The third-order valence-electron chi connectivity index (χ3n) is 4.23. The highest BCUT2D eigenvalue weighted by Crippen LogP contribution is 2.22. The molecule has 0 spiro atoms. The lowest BCUT2D eigenvalue weighted by Crippen LogP contribution is -2.19. The number of para-hydroxylation sites is 1. The lowest BCUT2D eigenvalue weighted by atomic mass is 10.1. The van der Waals surface area contributed by atoms with Gasteiger partial charge in [-0.3, -0.25) is 4.79 Å². The van der Waals surface area contributed by atoms with E-state index < -0.39 is 0 Å². The fourth-order valence-electron chi connectivity index (χ4n) is 2.96. The van der Waals surface area contributed by atoms with Gasteiger partial charge < -0.3 is 10.2 Å². The molecule has 1 aliphatic rings. The number of hydrogen-bond acceptors (Lipinski definition) is 2. The quantitative estimate of drug-likeness (QED) is 0.920. The number of hydrogen-bond donors (Lipinski definition) is 1. The van der Waals surface area contributed by atoms with Crippen LogP contribution in [0, 0.1) is 0 Å². The van der Waals surface area contributed by atoms with E-state index in [-0.39, 0.29) is 5.91 Å². The molecule has 0 unspecified atom stereocenters. The summed E-state index contributed by atoms with van der Waals surface area (Å²) in [7, 11) is 0. The van der Waals surface area contributed by atoms with Crippen molar-refractivity contribution in [1.82, 2.24) is 0 Å². The minimum atomic E-state index is -0.0399. The number of carbonyl (C=O) groups is 1. The molecular formula is C19H22N2O. The molecule has 1 saturated heterocycles. The number of benzene rings is 2. The predicted molar refractivity (Wildman–Crippen MR) is 91.7 cm³/mol. The van der Waals surface area contributed by atoms with E-state index in [1.807, 2.05) is 36.4 Å². The number of amides is 1. The van der Waals surface area contributed by atoms with Crippen molar-refractivity contribution >= 4 is 17.3 Å². The Kier molecular flexibility index (Phi) is 4.42. The molecule has 3 rings (SSSR count). The van der Waals surface area contributed by atoms with Crippen LogP contribution in [0.25, 0.3) is 0 Å². The predicted octanol–water partition coefficient (Wildman–Crippen LogP) is 4.10. The zero-order valence-electron chi connectivity index (χ0n) is 13.0. The zero-order valence-corrected chi connectivity index (χ0v) is 13.0. The Morgan fingerprint density at radius 2 is 1.86 bits per heavy atom. The number of nitrogens with one attached hydrogen (secondary N) is 1. The topological polar surface area (TPSA) is 32.3 Å². The molecule has 1 fully saturated rings. The molecule has 3 nitrogen and oxygen atoms in total. The molecule has 0 saturated carbocycles. The molecule has 2 aromatic carbocycles. The SMILES string of the molecule is CCc1ccccc1NC(=O)c1cccc(N2CCCC2)c1. The monoisotopic (exact) mass is 294 g/mol. The van der Waals surface area contributed by atoms with Gasteiger partial charge in [0.05, 0.1) is 0 Å². The minimum absolute atomic E-state index is 0.0399. The Morgan fingerprint density at radius 3 is 2.64 bits per heavy atom. The van der Waals surface area contributed by atoms with Gasteiger partial charge in [0.2, 0.25) is 0 Å². The van der Waals surface area contributed by atoms with E-state index in [0.29, 0.717) is 0 Å². The molecule has 114 valence electrons. The first-order valence-corrected chi connectivity index (χ1v) is 8.02. The number of nitrogens with zero attached hydrogens (tertiary/aromatic N) is 1. The van der Waals surface area contributed by atoms with Gasteiger partial charge in [-0.15, -0.1) is 0 Å². The van der Waals surface area contributed by atoms with E-state index in [1.54, 1.807) is 0 Å². The number of carbonyl (C=O) groups excluding carboxylic acids is 1. The summed E-state index contributed by atoms with van der Waals surface area (Å²) in [5.41, 5.74) is 3.93. The Labute approximate surface area is 132 Å². The van der Waals surface area contributed by atoms with Crippen LogP contribution in [-0.2, 0) is 6.42 Å². The summed E-state index contributed by atoms with van der Waals surface area (Å²) >= 11 is 0. The van der Waals surface area contributed by atoms with Crippen LogP contribution in [0.2, 0.25) is 0 Å². The minimum Gasteiger partial charge on any atom is -0.372 e. The lowest BCUT2D eigenvalue weighted by Gasteiger charge is -2.18. The molecule has 0 atom stereocenters. The first kappa shape index (κ1) is 14.6. The summed E-state index contributed by atoms with van der Waals surface area (Å²) in [4.78, 5) is 14.9. The Morgan fingerprint density at radius 1 is 1.09 bits per heavy atom. The van der Waals surface area contributed by atoms with E-state index in [1.165, 1.54) is 12.8 Å². The highest BCUT2D eigenvalue weighted by Gasteiger charge is 2.14. The maximum Gasteiger partial charge on any atom is 0.255 e. The van der Waals surface area contributed by atoms with E-state index in [0.717, 1.165) is 42.0 Å². The number of aryl methyl sites for hydroxylation is 1. The van der Waals surface area contributed by atoms with Gasteiger partial charge in [-0.1, -0.05) is 31.2 Å². The first-order valence-electron chi connectivity index (χ1n) is 8.02. The Balaban J connectivity index is 1.78. The van der Waals surface area contributed by atoms with Crippen molar-refractivity contribution in [3.63, 3.8) is 0 Å².